The second-order valence-corrected chi connectivity index (χ2v) is 2.77. The smallest absolute Gasteiger partial charge is 0.0979 e. The lowest BCUT2D eigenvalue weighted by molar-refractivity contribution is 0.0292. The molecule has 0 spiro atoms. The van der Waals surface area contributed by atoms with Crippen molar-refractivity contribution in [2.24, 2.45) is 0 Å². The Kier molecular flexibility index (Phi) is 6.54. The quantitative estimate of drug-likeness (QED) is 0.607. The minimum absolute atomic E-state index is 0.107. The highest BCUT2D eigenvalue weighted by Crippen LogP contribution is 2.08. The normalized spacial score (nSPS) is 16.8. The van der Waals surface area contributed by atoms with E-state index < -0.39 is 0 Å². The first-order valence-electron chi connectivity index (χ1n) is 2.98. The molecule has 0 fully saturated rings. The van der Waals surface area contributed by atoms with Crippen LogP contribution < -0.4 is 0 Å². The molecule has 0 rings (SSSR count). The van der Waals surface area contributed by atoms with Crippen molar-refractivity contribution in [3.63, 3.8) is 0 Å². The molecular weight excluding hydrogens is 175 g/mol. The van der Waals surface area contributed by atoms with Gasteiger partial charge < -0.3 is 9.47 Å². The lowest BCUT2D eigenvalue weighted by Crippen LogP contribution is -2.29. The van der Waals surface area contributed by atoms with Crippen LogP contribution in [0.4, 0.5) is 0 Å². The largest absolute Gasteiger partial charge is 0.382 e. The Morgan fingerprint density at radius 2 is 2.00 bits per heavy atom. The van der Waals surface area contributed by atoms with Crippen molar-refractivity contribution in [2.75, 3.05) is 26.7 Å². The van der Waals surface area contributed by atoms with Crippen molar-refractivity contribution < 1.29 is 9.47 Å². The zero-order valence-corrected chi connectivity index (χ0v) is 7.65. The second-order valence-electron chi connectivity index (χ2n) is 1.90. The zero-order valence-electron chi connectivity index (χ0n) is 6.14. The first kappa shape index (κ1) is 10.5. The molecule has 4 heteroatoms. The number of hydrogen-bond acceptors (Lipinski definition) is 2. The molecule has 0 saturated carbocycles. The van der Waals surface area contributed by atoms with Crippen molar-refractivity contribution in [1.29, 1.82) is 0 Å². The van der Waals surface area contributed by atoms with Crippen LogP contribution in [0.15, 0.2) is 0 Å². The average Bonchev–Trinajstić information content (AvgIpc) is 1.99. The Balaban J connectivity index is 3.56. The Bertz CT molecular complexity index is 80.1. The van der Waals surface area contributed by atoms with Crippen molar-refractivity contribution in [3.8, 4) is 0 Å². The topological polar surface area (TPSA) is 18.5 Å². The third-order valence-corrected chi connectivity index (χ3v) is 2.11. The van der Waals surface area contributed by atoms with E-state index >= 15 is 0 Å². The van der Waals surface area contributed by atoms with E-state index in [1.807, 2.05) is 0 Å². The summed E-state index contributed by atoms with van der Waals surface area (Å²) in [5, 5.41) is -0.174. The van der Waals surface area contributed by atoms with Gasteiger partial charge in [0.15, 0.2) is 0 Å². The SMILES string of the molecule is COCC(OC)C(Cl)CCl. The van der Waals surface area contributed by atoms with E-state index in [-0.39, 0.29) is 11.5 Å². The van der Waals surface area contributed by atoms with Crippen LogP contribution in [0.25, 0.3) is 0 Å². The van der Waals surface area contributed by atoms with Gasteiger partial charge in [-0.2, -0.15) is 0 Å². The molecule has 10 heavy (non-hydrogen) atoms. The fourth-order valence-electron chi connectivity index (χ4n) is 0.584. The van der Waals surface area contributed by atoms with E-state index in [4.69, 9.17) is 32.7 Å². The summed E-state index contributed by atoms with van der Waals surface area (Å²) in [4.78, 5) is 0. The molecule has 0 saturated heterocycles. The lowest BCUT2D eigenvalue weighted by Gasteiger charge is -2.17. The summed E-state index contributed by atoms with van der Waals surface area (Å²) in [5.41, 5.74) is 0. The van der Waals surface area contributed by atoms with Crippen LogP contribution in [0.2, 0.25) is 0 Å². The molecular formula is C6H12Cl2O2. The van der Waals surface area contributed by atoms with Gasteiger partial charge in [0.1, 0.15) is 0 Å². The highest BCUT2D eigenvalue weighted by molar-refractivity contribution is 6.28. The molecule has 0 aliphatic heterocycles. The summed E-state index contributed by atoms with van der Waals surface area (Å²) in [6.45, 7) is 0.484. The van der Waals surface area contributed by atoms with Crippen LogP contribution >= 0.6 is 23.2 Å². The van der Waals surface area contributed by atoms with Gasteiger partial charge in [-0.05, 0) is 0 Å². The number of hydrogen-bond donors (Lipinski definition) is 0. The van der Waals surface area contributed by atoms with Crippen LogP contribution in [0.1, 0.15) is 0 Å². The molecule has 62 valence electrons. The van der Waals surface area contributed by atoms with Crippen molar-refractivity contribution in [1.82, 2.24) is 0 Å². The number of alkyl halides is 2. The predicted molar refractivity (Wildman–Crippen MR) is 43.0 cm³/mol. The molecule has 2 atom stereocenters. The number of methoxy groups -OCH3 is 2. The van der Waals surface area contributed by atoms with Gasteiger partial charge in [0.05, 0.1) is 18.1 Å². The van der Waals surface area contributed by atoms with Crippen LogP contribution in [0.5, 0.6) is 0 Å². The van der Waals surface area contributed by atoms with Crippen LogP contribution in [-0.2, 0) is 9.47 Å². The van der Waals surface area contributed by atoms with E-state index in [1.165, 1.54) is 0 Å². The van der Waals surface area contributed by atoms with E-state index in [0.717, 1.165) is 0 Å². The molecule has 0 aliphatic rings. The Labute approximate surface area is 71.4 Å². The standard InChI is InChI=1S/C6H12Cl2O2/c1-9-4-6(10-2)5(8)3-7/h5-6H,3-4H2,1-2H3. The minimum Gasteiger partial charge on any atom is -0.382 e. The second kappa shape index (κ2) is 6.23. The number of ether oxygens (including phenoxy) is 2. The van der Waals surface area contributed by atoms with Gasteiger partial charge in [0.2, 0.25) is 0 Å². The molecule has 0 aromatic heterocycles. The van der Waals surface area contributed by atoms with E-state index in [9.17, 15) is 0 Å². The maximum Gasteiger partial charge on any atom is 0.0979 e. The van der Waals surface area contributed by atoms with Crippen LogP contribution in [0, 0.1) is 0 Å². The highest BCUT2D eigenvalue weighted by Gasteiger charge is 2.16. The maximum atomic E-state index is 5.77. The Morgan fingerprint density at radius 1 is 1.40 bits per heavy atom. The van der Waals surface area contributed by atoms with E-state index in [2.05, 4.69) is 0 Å². The minimum atomic E-state index is -0.174. The number of halogens is 2. The summed E-state index contributed by atoms with van der Waals surface area (Å²) < 4.78 is 9.85. The molecule has 0 aromatic carbocycles. The fraction of sp³-hybridized carbons (Fsp3) is 1.00. The van der Waals surface area contributed by atoms with Crippen LogP contribution in [0.3, 0.4) is 0 Å². The summed E-state index contributed by atoms with van der Waals surface area (Å²) in [6, 6.07) is 0. The number of rotatable bonds is 5. The molecule has 0 aromatic rings. The van der Waals surface area contributed by atoms with Crippen LogP contribution in [-0.4, -0.2) is 38.2 Å². The van der Waals surface area contributed by atoms with Crippen molar-refractivity contribution in [2.45, 2.75) is 11.5 Å². The predicted octanol–water partition coefficient (Wildman–Crippen LogP) is 1.49. The Hall–Kier alpha value is 0.500. The first-order chi connectivity index (χ1) is 4.76. The summed E-state index contributed by atoms with van der Waals surface area (Å²) in [6.07, 6.45) is -0.107. The van der Waals surface area contributed by atoms with E-state index in [0.29, 0.717) is 12.5 Å². The van der Waals surface area contributed by atoms with Gasteiger partial charge in [-0.25, -0.2) is 0 Å². The van der Waals surface area contributed by atoms with Gasteiger partial charge in [-0.3, -0.25) is 0 Å². The van der Waals surface area contributed by atoms with Crippen molar-refractivity contribution in [3.05, 3.63) is 0 Å². The molecule has 0 amide bonds. The summed E-state index contributed by atoms with van der Waals surface area (Å²) in [5.74, 6) is 0.378. The van der Waals surface area contributed by atoms with Gasteiger partial charge in [0, 0.05) is 20.1 Å². The maximum absolute atomic E-state index is 5.77. The molecule has 2 nitrogen and oxygen atoms in total. The average molecular weight is 187 g/mol. The van der Waals surface area contributed by atoms with Gasteiger partial charge in [-0.15, -0.1) is 23.2 Å². The molecule has 0 aliphatic carbocycles. The molecule has 0 heterocycles. The fourth-order valence-corrected chi connectivity index (χ4v) is 0.958. The van der Waals surface area contributed by atoms with Gasteiger partial charge in [0.25, 0.3) is 0 Å². The third kappa shape index (κ3) is 3.62. The van der Waals surface area contributed by atoms with E-state index in [1.54, 1.807) is 14.2 Å². The Morgan fingerprint density at radius 3 is 2.30 bits per heavy atom. The molecule has 2 unspecified atom stereocenters. The van der Waals surface area contributed by atoms with Crippen molar-refractivity contribution >= 4 is 23.2 Å². The third-order valence-electron chi connectivity index (χ3n) is 1.18. The first-order valence-corrected chi connectivity index (χ1v) is 3.95. The molecule has 0 radical (unpaired) electrons. The highest BCUT2D eigenvalue weighted by atomic mass is 35.5. The zero-order chi connectivity index (χ0) is 7.98. The summed E-state index contributed by atoms with van der Waals surface area (Å²) in [7, 11) is 3.19. The van der Waals surface area contributed by atoms with Gasteiger partial charge >= 0.3 is 0 Å². The molecule has 0 N–H and O–H groups in total. The van der Waals surface area contributed by atoms with Gasteiger partial charge in [-0.1, -0.05) is 0 Å². The molecule has 0 bridgehead atoms. The monoisotopic (exact) mass is 186 g/mol. The lowest BCUT2D eigenvalue weighted by atomic mass is 10.3. The summed E-state index contributed by atoms with van der Waals surface area (Å²) >= 11 is 11.3.